The number of rotatable bonds is 4. The first-order valence-corrected chi connectivity index (χ1v) is 9.23. The largest absolute Gasteiger partial charge is 0.369 e. The molecule has 2 aromatic rings. The van der Waals surface area contributed by atoms with E-state index in [1.165, 1.54) is 18.5 Å². The van der Waals surface area contributed by atoms with Gasteiger partial charge >= 0.3 is 0 Å². The number of anilines is 2. The molecule has 1 aliphatic heterocycles. The third-order valence-corrected chi connectivity index (χ3v) is 5.19. The molecule has 25 heavy (non-hydrogen) atoms. The van der Waals surface area contributed by atoms with Crippen molar-refractivity contribution in [3.05, 3.63) is 59.1 Å². The number of piperazine rings is 1. The molecular formula is C20H22ClN3O. The fourth-order valence-corrected chi connectivity index (χ4v) is 3.56. The van der Waals surface area contributed by atoms with Gasteiger partial charge in [0.25, 0.3) is 5.91 Å². The van der Waals surface area contributed by atoms with Crippen LogP contribution in [0.1, 0.15) is 23.2 Å². The first-order valence-electron chi connectivity index (χ1n) is 8.85. The van der Waals surface area contributed by atoms with Crippen molar-refractivity contribution in [2.24, 2.45) is 0 Å². The number of carbonyl (C=O) groups excluding carboxylic acids is 1. The minimum atomic E-state index is -0.145. The van der Waals surface area contributed by atoms with E-state index in [1.54, 1.807) is 24.3 Å². The highest BCUT2D eigenvalue weighted by atomic mass is 35.5. The van der Waals surface area contributed by atoms with Crippen LogP contribution in [0.4, 0.5) is 11.4 Å². The Morgan fingerprint density at radius 2 is 1.72 bits per heavy atom. The average Bonchev–Trinajstić information content (AvgIpc) is 3.48. The molecule has 1 aliphatic carbocycles. The van der Waals surface area contributed by atoms with Gasteiger partial charge in [0, 0.05) is 54.2 Å². The van der Waals surface area contributed by atoms with E-state index in [-0.39, 0.29) is 5.91 Å². The molecule has 2 aliphatic rings. The molecule has 1 amide bonds. The molecule has 0 spiro atoms. The second kappa shape index (κ2) is 7.06. The van der Waals surface area contributed by atoms with Gasteiger partial charge in [0.05, 0.1) is 0 Å². The minimum Gasteiger partial charge on any atom is -0.369 e. The summed E-state index contributed by atoms with van der Waals surface area (Å²) in [5.74, 6) is -0.145. The fourth-order valence-electron chi connectivity index (χ4n) is 3.37. The summed E-state index contributed by atoms with van der Waals surface area (Å²) in [5, 5.41) is 3.48. The van der Waals surface area contributed by atoms with Crippen LogP contribution >= 0.6 is 11.6 Å². The van der Waals surface area contributed by atoms with E-state index in [0.29, 0.717) is 10.6 Å². The topological polar surface area (TPSA) is 35.6 Å². The highest BCUT2D eigenvalue weighted by Gasteiger charge is 2.31. The first kappa shape index (κ1) is 16.4. The lowest BCUT2D eigenvalue weighted by Crippen LogP contribution is -2.47. The second-order valence-electron chi connectivity index (χ2n) is 6.77. The number of nitrogens with zero attached hydrogens (tertiary/aromatic N) is 2. The van der Waals surface area contributed by atoms with Crippen molar-refractivity contribution in [3.8, 4) is 0 Å². The maximum absolute atomic E-state index is 12.3. The van der Waals surface area contributed by atoms with Gasteiger partial charge in [-0.15, -0.1) is 0 Å². The zero-order valence-electron chi connectivity index (χ0n) is 14.1. The van der Waals surface area contributed by atoms with Gasteiger partial charge in [-0.05, 0) is 55.3 Å². The molecule has 5 heteroatoms. The summed E-state index contributed by atoms with van der Waals surface area (Å²) in [7, 11) is 0. The molecule has 0 bridgehead atoms. The van der Waals surface area contributed by atoms with Gasteiger partial charge in [-0.25, -0.2) is 0 Å². The normalized spacial score (nSPS) is 18.2. The van der Waals surface area contributed by atoms with Gasteiger partial charge in [0.1, 0.15) is 0 Å². The number of hydrogen-bond donors (Lipinski definition) is 1. The highest BCUT2D eigenvalue weighted by molar-refractivity contribution is 6.31. The molecule has 0 atom stereocenters. The van der Waals surface area contributed by atoms with Crippen LogP contribution in [0.15, 0.2) is 48.5 Å². The van der Waals surface area contributed by atoms with E-state index in [4.69, 9.17) is 11.6 Å². The van der Waals surface area contributed by atoms with Crippen molar-refractivity contribution in [3.63, 3.8) is 0 Å². The lowest BCUT2D eigenvalue weighted by Gasteiger charge is -2.36. The van der Waals surface area contributed by atoms with Crippen molar-refractivity contribution in [2.45, 2.75) is 18.9 Å². The number of halogens is 1. The van der Waals surface area contributed by atoms with Crippen LogP contribution in [0.25, 0.3) is 0 Å². The smallest absolute Gasteiger partial charge is 0.255 e. The van der Waals surface area contributed by atoms with Crippen molar-refractivity contribution in [2.75, 3.05) is 36.4 Å². The molecular weight excluding hydrogens is 334 g/mol. The van der Waals surface area contributed by atoms with Crippen molar-refractivity contribution >= 4 is 28.9 Å². The van der Waals surface area contributed by atoms with E-state index in [9.17, 15) is 4.79 Å². The van der Waals surface area contributed by atoms with E-state index in [0.717, 1.165) is 37.9 Å². The van der Waals surface area contributed by atoms with E-state index in [2.05, 4.69) is 27.2 Å². The maximum Gasteiger partial charge on any atom is 0.255 e. The average molecular weight is 356 g/mol. The van der Waals surface area contributed by atoms with E-state index < -0.39 is 0 Å². The first-order chi connectivity index (χ1) is 12.2. The van der Waals surface area contributed by atoms with Gasteiger partial charge in [-0.3, -0.25) is 9.69 Å². The lowest BCUT2D eigenvalue weighted by molar-refractivity contribution is 0.102. The van der Waals surface area contributed by atoms with E-state index in [1.807, 2.05) is 12.1 Å². The molecule has 0 unspecified atom stereocenters. The Morgan fingerprint density at radius 3 is 2.36 bits per heavy atom. The molecule has 0 aromatic heterocycles. The number of benzene rings is 2. The van der Waals surface area contributed by atoms with Gasteiger partial charge in [0.15, 0.2) is 0 Å². The molecule has 2 fully saturated rings. The maximum atomic E-state index is 12.3. The molecule has 1 N–H and O–H groups in total. The standard InChI is InChI=1S/C20H22ClN3O/c21-16-3-1-2-15(14-16)20(25)22-17-4-6-18(7-5-17)23-10-12-24(13-11-23)19-8-9-19/h1-7,14,19H,8-13H2,(H,22,25). The fraction of sp³-hybridized carbons (Fsp3) is 0.350. The predicted molar refractivity (Wildman–Crippen MR) is 103 cm³/mol. The van der Waals surface area contributed by atoms with Crippen LogP contribution in [0.3, 0.4) is 0 Å². The number of hydrogen-bond acceptors (Lipinski definition) is 3. The molecule has 4 nitrogen and oxygen atoms in total. The van der Waals surface area contributed by atoms with Crippen LogP contribution in [0, 0.1) is 0 Å². The van der Waals surface area contributed by atoms with Gasteiger partial charge in [-0.1, -0.05) is 17.7 Å². The summed E-state index contributed by atoms with van der Waals surface area (Å²) in [6, 6.07) is 15.9. The Kier molecular flexibility index (Phi) is 4.64. The Bertz CT molecular complexity index is 750. The summed E-state index contributed by atoms with van der Waals surface area (Å²) in [6.07, 6.45) is 2.75. The zero-order chi connectivity index (χ0) is 17.2. The highest BCUT2D eigenvalue weighted by Crippen LogP contribution is 2.28. The van der Waals surface area contributed by atoms with Gasteiger partial charge in [0.2, 0.25) is 0 Å². The lowest BCUT2D eigenvalue weighted by atomic mass is 10.2. The number of amides is 1. The van der Waals surface area contributed by atoms with Gasteiger partial charge in [-0.2, -0.15) is 0 Å². The third-order valence-electron chi connectivity index (χ3n) is 4.95. The molecule has 4 rings (SSSR count). The Labute approximate surface area is 153 Å². The van der Waals surface area contributed by atoms with Crippen LogP contribution in [0.5, 0.6) is 0 Å². The van der Waals surface area contributed by atoms with Crippen molar-refractivity contribution in [1.29, 1.82) is 0 Å². The number of nitrogens with one attached hydrogen (secondary N) is 1. The summed E-state index contributed by atoms with van der Waals surface area (Å²) in [4.78, 5) is 17.3. The molecule has 0 radical (unpaired) electrons. The van der Waals surface area contributed by atoms with Crippen molar-refractivity contribution < 1.29 is 4.79 Å². The van der Waals surface area contributed by atoms with Gasteiger partial charge < -0.3 is 10.2 Å². The Hall–Kier alpha value is -2.04. The third kappa shape index (κ3) is 3.97. The minimum absolute atomic E-state index is 0.145. The SMILES string of the molecule is O=C(Nc1ccc(N2CCN(C3CC3)CC2)cc1)c1cccc(Cl)c1. The zero-order valence-corrected chi connectivity index (χ0v) is 14.9. The van der Waals surface area contributed by atoms with Crippen LogP contribution in [-0.4, -0.2) is 43.0 Å². The monoisotopic (exact) mass is 355 g/mol. The summed E-state index contributed by atoms with van der Waals surface area (Å²) in [5.41, 5.74) is 2.58. The van der Waals surface area contributed by atoms with Crippen LogP contribution in [0.2, 0.25) is 5.02 Å². The molecule has 130 valence electrons. The van der Waals surface area contributed by atoms with Crippen LogP contribution in [-0.2, 0) is 0 Å². The van der Waals surface area contributed by atoms with E-state index >= 15 is 0 Å². The predicted octanol–water partition coefficient (Wildman–Crippen LogP) is 3.88. The quantitative estimate of drug-likeness (QED) is 0.904. The summed E-state index contributed by atoms with van der Waals surface area (Å²) >= 11 is 5.94. The molecule has 2 aromatic carbocycles. The number of carbonyl (C=O) groups is 1. The summed E-state index contributed by atoms with van der Waals surface area (Å²) < 4.78 is 0. The molecule has 1 heterocycles. The Balaban J connectivity index is 1.36. The van der Waals surface area contributed by atoms with Crippen LogP contribution < -0.4 is 10.2 Å². The summed E-state index contributed by atoms with van der Waals surface area (Å²) in [6.45, 7) is 4.45. The second-order valence-corrected chi connectivity index (χ2v) is 7.20. The Morgan fingerprint density at radius 1 is 1.00 bits per heavy atom. The molecule has 1 saturated carbocycles. The molecule has 1 saturated heterocycles. The van der Waals surface area contributed by atoms with Crippen molar-refractivity contribution in [1.82, 2.24) is 4.90 Å².